The lowest BCUT2D eigenvalue weighted by molar-refractivity contribution is -0.135. The minimum atomic E-state index is -3.50. The Balaban J connectivity index is 1.33. The molecule has 3 aliphatic rings. The number of piperazine rings is 1. The predicted molar refractivity (Wildman–Crippen MR) is 102 cm³/mol. The zero-order chi connectivity index (χ0) is 18.9. The fraction of sp³-hybridized carbons (Fsp3) is 0.684. The van der Waals surface area contributed by atoms with Crippen molar-refractivity contribution in [1.29, 1.82) is 0 Å². The van der Waals surface area contributed by atoms with Crippen LogP contribution >= 0.6 is 0 Å². The van der Waals surface area contributed by atoms with E-state index in [0.717, 1.165) is 25.7 Å². The molecule has 0 aromatic carbocycles. The summed E-state index contributed by atoms with van der Waals surface area (Å²) >= 11 is 0. The number of carbonyl (C=O) groups excluding carboxylic acids is 1. The highest BCUT2D eigenvalue weighted by atomic mass is 32.2. The van der Waals surface area contributed by atoms with Gasteiger partial charge in [-0.05, 0) is 37.8 Å². The number of rotatable bonds is 6. The largest absolute Gasteiger partial charge is 0.336 e. The van der Waals surface area contributed by atoms with Crippen LogP contribution in [0, 0.1) is 0 Å². The molecule has 0 atom stereocenters. The Hall–Kier alpha value is -1.51. The zero-order valence-corrected chi connectivity index (χ0v) is 16.5. The third-order valence-corrected chi connectivity index (χ3v) is 7.79. The lowest BCUT2D eigenvalue weighted by atomic mass is 10.2. The van der Waals surface area contributed by atoms with Crippen LogP contribution < -0.4 is 0 Å². The molecular weight excluding hydrogens is 364 g/mol. The van der Waals surface area contributed by atoms with Crippen LogP contribution in [0.15, 0.2) is 29.4 Å². The Morgan fingerprint density at radius 3 is 2.33 bits per heavy atom. The van der Waals surface area contributed by atoms with E-state index in [1.807, 2.05) is 0 Å². The molecule has 1 amide bonds. The second kappa shape index (κ2) is 7.85. The minimum absolute atomic E-state index is 0.230. The van der Waals surface area contributed by atoms with Crippen LogP contribution in [0.4, 0.5) is 0 Å². The van der Waals surface area contributed by atoms with Gasteiger partial charge in [-0.15, -0.1) is 0 Å². The molecule has 1 aromatic heterocycles. The number of hydrogen-bond acceptors (Lipinski definition) is 5. The van der Waals surface area contributed by atoms with E-state index in [9.17, 15) is 13.2 Å². The van der Waals surface area contributed by atoms with Crippen molar-refractivity contribution in [3.63, 3.8) is 0 Å². The molecule has 1 aliphatic heterocycles. The number of nitrogens with zero attached hydrogens (tertiary/aromatic N) is 4. The summed E-state index contributed by atoms with van der Waals surface area (Å²) < 4.78 is 26.9. The lowest BCUT2D eigenvalue weighted by Gasteiger charge is -2.36. The van der Waals surface area contributed by atoms with E-state index in [4.69, 9.17) is 0 Å². The van der Waals surface area contributed by atoms with Crippen LogP contribution in [-0.4, -0.2) is 78.2 Å². The highest BCUT2D eigenvalue weighted by Gasteiger charge is 2.39. The molecule has 2 aliphatic carbocycles. The van der Waals surface area contributed by atoms with Crippen molar-refractivity contribution in [1.82, 2.24) is 19.1 Å². The van der Waals surface area contributed by atoms with Crippen molar-refractivity contribution >= 4 is 15.9 Å². The molecule has 4 rings (SSSR count). The normalized spacial score (nSPS) is 22.8. The average Bonchev–Trinajstić information content (AvgIpc) is 3.36. The van der Waals surface area contributed by atoms with E-state index in [-0.39, 0.29) is 10.8 Å². The van der Waals surface area contributed by atoms with E-state index in [0.29, 0.717) is 44.8 Å². The maximum absolute atomic E-state index is 12.9. The van der Waals surface area contributed by atoms with Gasteiger partial charge < -0.3 is 4.90 Å². The van der Waals surface area contributed by atoms with Gasteiger partial charge in [0.2, 0.25) is 15.9 Å². The number of carbonyl (C=O) groups is 1. The van der Waals surface area contributed by atoms with Gasteiger partial charge in [0, 0.05) is 50.7 Å². The summed E-state index contributed by atoms with van der Waals surface area (Å²) in [6.07, 6.45) is 9.97. The molecule has 8 heteroatoms. The molecule has 2 heterocycles. The zero-order valence-electron chi connectivity index (χ0n) is 15.7. The third-order valence-electron chi connectivity index (χ3n) is 5.91. The highest BCUT2D eigenvalue weighted by molar-refractivity contribution is 7.89. The van der Waals surface area contributed by atoms with E-state index >= 15 is 0 Å². The number of pyridine rings is 1. The Bertz CT molecular complexity index is 752. The van der Waals surface area contributed by atoms with Crippen molar-refractivity contribution in [2.24, 2.45) is 0 Å². The van der Waals surface area contributed by atoms with E-state index in [1.165, 1.54) is 23.3 Å². The summed E-state index contributed by atoms with van der Waals surface area (Å²) in [5.74, 6) is 0.230. The Morgan fingerprint density at radius 1 is 1.07 bits per heavy atom. The van der Waals surface area contributed by atoms with Gasteiger partial charge in [-0.3, -0.25) is 14.7 Å². The average molecular weight is 393 g/mol. The van der Waals surface area contributed by atoms with Crippen molar-refractivity contribution in [3.8, 4) is 0 Å². The summed E-state index contributed by atoms with van der Waals surface area (Å²) in [6.45, 7) is 2.42. The molecule has 0 bridgehead atoms. The van der Waals surface area contributed by atoms with E-state index in [1.54, 1.807) is 18.3 Å². The van der Waals surface area contributed by atoms with Crippen LogP contribution in [0.3, 0.4) is 0 Å². The summed E-state index contributed by atoms with van der Waals surface area (Å²) in [7, 11) is -3.50. The number of hydrogen-bond donors (Lipinski definition) is 0. The lowest BCUT2D eigenvalue weighted by Crippen LogP contribution is -2.52. The van der Waals surface area contributed by atoms with Gasteiger partial charge in [-0.2, -0.15) is 4.31 Å². The molecular formula is C19H28N4O3S. The minimum Gasteiger partial charge on any atom is -0.336 e. The quantitative estimate of drug-likeness (QED) is 0.730. The highest BCUT2D eigenvalue weighted by Crippen LogP contribution is 2.34. The molecule has 3 fully saturated rings. The van der Waals surface area contributed by atoms with E-state index in [2.05, 4.69) is 14.8 Å². The van der Waals surface area contributed by atoms with Gasteiger partial charge in [-0.1, -0.05) is 12.8 Å². The fourth-order valence-electron chi connectivity index (χ4n) is 4.29. The molecule has 0 spiro atoms. The summed E-state index contributed by atoms with van der Waals surface area (Å²) in [6, 6.07) is 4.09. The first-order valence-electron chi connectivity index (χ1n) is 9.99. The number of sulfonamides is 1. The first-order chi connectivity index (χ1) is 13.1. The van der Waals surface area contributed by atoms with Crippen molar-refractivity contribution in [3.05, 3.63) is 24.5 Å². The van der Waals surface area contributed by atoms with E-state index < -0.39 is 10.0 Å². The van der Waals surface area contributed by atoms with Crippen molar-refractivity contribution in [2.75, 3.05) is 32.7 Å². The molecule has 1 saturated heterocycles. The van der Waals surface area contributed by atoms with Gasteiger partial charge >= 0.3 is 0 Å². The van der Waals surface area contributed by atoms with Crippen LogP contribution in [0.25, 0.3) is 0 Å². The molecule has 2 saturated carbocycles. The van der Waals surface area contributed by atoms with Gasteiger partial charge in [0.05, 0.1) is 6.54 Å². The molecule has 148 valence electrons. The number of aromatic nitrogens is 1. The standard InChI is InChI=1S/C19H28N4O3S/c24-19(23(17-7-8-17)16-4-1-2-5-16)15-21-10-12-22(13-11-21)27(25,26)18-6-3-9-20-14-18/h3,6,9,14,16-17H,1-2,4-5,7-8,10-13,15H2. The van der Waals surface area contributed by atoms with Gasteiger partial charge in [0.25, 0.3) is 0 Å². The van der Waals surface area contributed by atoms with Crippen LogP contribution in [0.5, 0.6) is 0 Å². The Kier molecular flexibility index (Phi) is 5.48. The number of amides is 1. The first-order valence-corrected chi connectivity index (χ1v) is 11.4. The van der Waals surface area contributed by atoms with Crippen molar-refractivity contribution in [2.45, 2.75) is 55.5 Å². The van der Waals surface area contributed by atoms with Gasteiger partial charge in [0.15, 0.2) is 0 Å². The monoisotopic (exact) mass is 392 g/mol. The third kappa shape index (κ3) is 4.17. The van der Waals surface area contributed by atoms with Crippen LogP contribution in [-0.2, 0) is 14.8 Å². The predicted octanol–water partition coefficient (Wildman–Crippen LogP) is 1.32. The molecule has 0 unspecified atom stereocenters. The maximum Gasteiger partial charge on any atom is 0.244 e. The Labute approximate surface area is 161 Å². The second-order valence-electron chi connectivity index (χ2n) is 7.84. The van der Waals surface area contributed by atoms with Crippen LogP contribution in [0.1, 0.15) is 38.5 Å². The van der Waals surface area contributed by atoms with Gasteiger partial charge in [0.1, 0.15) is 4.90 Å². The first kappa shape index (κ1) is 18.8. The molecule has 0 radical (unpaired) electrons. The Morgan fingerprint density at radius 2 is 1.74 bits per heavy atom. The molecule has 0 N–H and O–H groups in total. The molecule has 27 heavy (non-hydrogen) atoms. The smallest absolute Gasteiger partial charge is 0.244 e. The SMILES string of the molecule is O=C(CN1CCN(S(=O)(=O)c2cccnc2)CC1)N(C1CCCC1)C1CC1. The maximum atomic E-state index is 12.9. The molecule has 7 nitrogen and oxygen atoms in total. The molecule has 1 aromatic rings. The summed E-state index contributed by atoms with van der Waals surface area (Å²) in [5.41, 5.74) is 0. The van der Waals surface area contributed by atoms with Crippen LogP contribution in [0.2, 0.25) is 0 Å². The topological polar surface area (TPSA) is 73.8 Å². The summed E-state index contributed by atoms with van der Waals surface area (Å²) in [5, 5.41) is 0. The fourth-order valence-corrected chi connectivity index (χ4v) is 5.68. The second-order valence-corrected chi connectivity index (χ2v) is 9.78. The van der Waals surface area contributed by atoms with Crippen molar-refractivity contribution < 1.29 is 13.2 Å². The van der Waals surface area contributed by atoms with Gasteiger partial charge in [-0.25, -0.2) is 8.42 Å². The summed E-state index contributed by atoms with van der Waals surface area (Å²) in [4.78, 5) is 21.3.